The minimum absolute atomic E-state index is 0.0285. The van der Waals surface area contributed by atoms with Crippen LogP contribution in [0.3, 0.4) is 0 Å². The Kier molecular flexibility index (Phi) is 5.59. The quantitative estimate of drug-likeness (QED) is 0.781. The number of nitrogens with one attached hydrogen (secondary N) is 2. The Morgan fingerprint density at radius 2 is 2.12 bits per heavy atom. The number of amides is 1. The maximum absolute atomic E-state index is 12.1. The van der Waals surface area contributed by atoms with Crippen LogP contribution in [0, 0.1) is 25.7 Å². The fourth-order valence-electron chi connectivity index (χ4n) is 3.83. The van der Waals surface area contributed by atoms with Crippen molar-refractivity contribution in [2.24, 2.45) is 11.8 Å². The summed E-state index contributed by atoms with van der Waals surface area (Å²) >= 11 is 0. The number of rotatable bonds is 7. The first-order valence-electron chi connectivity index (χ1n) is 9.26. The van der Waals surface area contributed by atoms with E-state index in [2.05, 4.69) is 15.2 Å². The first-order valence-corrected chi connectivity index (χ1v) is 9.26. The van der Waals surface area contributed by atoms with Gasteiger partial charge in [0, 0.05) is 55.3 Å². The summed E-state index contributed by atoms with van der Waals surface area (Å²) in [5.41, 5.74) is 2.64. The Morgan fingerprint density at radius 1 is 1.36 bits per heavy atom. The second-order valence-corrected chi connectivity index (χ2v) is 7.41. The molecule has 0 radical (unpaired) electrons. The molecule has 0 unspecified atom stereocenters. The maximum Gasteiger partial charge on any atom is 0.246 e. The van der Waals surface area contributed by atoms with Gasteiger partial charge in [0.05, 0.1) is 0 Å². The highest BCUT2D eigenvalue weighted by Crippen LogP contribution is 2.41. The lowest BCUT2D eigenvalue weighted by Gasteiger charge is -2.19. The molecule has 1 saturated heterocycles. The van der Waals surface area contributed by atoms with Crippen LogP contribution in [-0.4, -0.2) is 48.1 Å². The van der Waals surface area contributed by atoms with Gasteiger partial charge in [-0.05, 0) is 45.4 Å². The lowest BCUT2D eigenvalue weighted by atomic mass is 9.98. The highest BCUT2D eigenvalue weighted by atomic mass is 16.5. The van der Waals surface area contributed by atoms with E-state index in [0.29, 0.717) is 12.5 Å². The Bertz CT molecular complexity index is 681. The molecule has 2 N–H and O–H groups in total. The summed E-state index contributed by atoms with van der Waals surface area (Å²) in [7, 11) is 0. The highest BCUT2D eigenvalue weighted by molar-refractivity contribution is 5.77. The number of aromatic amines is 1. The van der Waals surface area contributed by atoms with Crippen LogP contribution in [0.2, 0.25) is 0 Å². The second-order valence-electron chi connectivity index (χ2n) is 7.41. The predicted molar refractivity (Wildman–Crippen MR) is 96.5 cm³/mol. The molecule has 6 heteroatoms. The van der Waals surface area contributed by atoms with Gasteiger partial charge in [-0.2, -0.15) is 0 Å². The molecule has 1 aromatic rings. The van der Waals surface area contributed by atoms with Crippen molar-refractivity contribution < 1.29 is 9.53 Å². The molecule has 2 fully saturated rings. The maximum atomic E-state index is 12.1. The SMILES string of the molecule is CCOCC(=O)N[C@H]1CN(Cc2[nH]cc(C)c(=O)c2C)C[C@@H]1C1CC1. The molecular formula is C19H29N3O3. The van der Waals surface area contributed by atoms with Crippen molar-refractivity contribution in [3.05, 3.63) is 33.2 Å². The van der Waals surface area contributed by atoms with Gasteiger partial charge in [-0.1, -0.05) is 0 Å². The van der Waals surface area contributed by atoms with Gasteiger partial charge in [-0.25, -0.2) is 0 Å². The van der Waals surface area contributed by atoms with E-state index in [0.717, 1.165) is 42.4 Å². The van der Waals surface area contributed by atoms with Crippen molar-refractivity contribution in [3.8, 4) is 0 Å². The van der Waals surface area contributed by atoms with E-state index in [1.54, 1.807) is 6.20 Å². The number of hydrogen-bond acceptors (Lipinski definition) is 4. The van der Waals surface area contributed by atoms with Crippen LogP contribution in [-0.2, 0) is 16.1 Å². The minimum Gasteiger partial charge on any atom is -0.372 e. The third kappa shape index (κ3) is 4.30. The molecule has 1 aromatic heterocycles. The average Bonchev–Trinajstić information content (AvgIpc) is 3.36. The zero-order valence-corrected chi connectivity index (χ0v) is 15.4. The van der Waals surface area contributed by atoms with E-state index in [1.165, 1.54) is 12.8 Å². The van der Waals surface area contributed by atoms with E-state index in [1.807, 2.05) is 20.8 Å². The summed E-state index contributed by atoms with van der Waals surface area (Å²) < 4.78 is 5.21. The van der Waals surface area contributed by atoms with E-state index < -0.39 is 0 Å². The third-order valence-corrected chi connectivity index (χ3v) is 5.45. The van der Waals surface area contributed by atoms with Gasteiger partial charge in [-0.3, -0.25) is 14.5 Å². The molecular weight excluding hydrogens is 318 g/mol. The van der Waals surface area contributed by atoms with Gasteiger partial charge in [0.15, 0.2) is 5.43 Å². The number of aromatic nitrogens is 1. The number of aryl methyl sites for hydroxylation is 1. The van der Waals surface area contributed by atoms with Crippen molar-refractivity contribution in [2.75, 3.05) is 26.3 Å². The van der Waals surface area contributed by atoms with Crippen molar-refractivity contribution >= 4 is 5.91 Å². The first-order chi connectivity index (χ1) is 12.0. The zero-order valence-electron chi connectivity index (χ0n) is 15.4. The first kappa shape index (κ1) is 18.1. The van der Waals surface area contributed by atoms with Crippen LogP contribution in [0.15, 0.2) is 11.0 Å². The Hall–Kier alpha value is -1.66. The molecule has 0 spiro atoms. The van der Waals surface area contributed by atoms with E-state index in [4.69, 9.17) is 4.74 Å². The van der Waals surface area contributed by atoms with Crippen LogP contribution >= 0.6 is 0 Å². The summed E-state index contributed by atoms with van der Waals surface area (Å²) in [6, 6.07) is 0.179. The molecule has 1 saturated carbocycles. The fourth-order valence-corrected chi connectivity index (χ4v) is 3.83. The smallest absolute Gasteiger partial charge is 0.246 e. The average molecular weight is 347 g/mol. The molecule has 2 atom stereocenters. The van der Waals surface area contributed by atoms with Crippen molar-refractivity contribution in [1.82, 2.24) is 15.2 Å². The monoisotopic (exact) mass is 347 g/mol. The number of likely N-dealkylation sites (tertiary alicyclic amines) is 1. The summed E-state index contributed by atoms with van der Waals surface area (Å²) in [5.74, 6) is 1.20. The molecule has 1 amide bonds. The molecule has 1 aliphatic heterocycles. The number of nitrogens with zero attached hydrogens (tertiary/aromatic N) is 1. The second kappa shape index (κ2) is 7.70. The Morgan fingerprint density at radius 3 is 2.80 bits per heavy atom. The van der Waals surface area contributed by atoms with E-state index in [-0.39, 0.29) is 24.0 Å². The van der Waals surface area contributed by atoms with Gasteiger partial charge in [0.2, 0.25) is 5.91 Å². The molecule has 0 bridgehead atoms. The number of H-pyrrole nitrogens is 1. The molecule has 6 nitrogen and oxygen atoms in total. The lowest BCUT2D eigenvalue weighted by Crippen LogP contribution is -2.42. The van der Waals surface area contributed by atoms with Gasteiger partial charge in [-0.15, -0.1) is 0 Å². The largest absolute Gasteiger partial charge is 0.372 e. The molecule has 138 valence electrons. The number of carbonyl (C=O) groups is 1. The molecule has 3 rings (SSSR count). The normalized spacial score (nSPS) is 23.8. The molecule has 2 heterocycles. The summed E-state index contributed by atoms with van der Waals surface area (Å²) in [6.07, 6.45) is 4.31. The summed E-state index contributed by atoms with van der Waals surface area (Å²) in [4.78, 5) is 29.8. The Balaban J connectivity index is 1.65. The van der Waals surface area contributed by atoms with Crippen LogP contribution in [0.4, 0.5) is 0 Å². The van der Waals surface area contributed by atoms with Crippen LogP contribution in [0.1, 0.15) is 36.6 Å². The topological polar surface area (TPSA) is 74.4 Å². The fraction of sp³-hybridized carbons (Fsp3) is 0.684. The van der Waals surface area contributed by atoms with Gasteiger partial charge in [0.1, 0.15) is 6.61 Å². The highest BCUT2D eigenvalue weighted by Gasteiger charge is 2.43. The van der Waals surface area contributed by atoms with Gasteiger partial charge >= 0.3 is 0 Å². The number of hydrogen-bond donors (Lipinski definition) is 2. The molecule has 2 aliphatic rings. The van der Waals surface area contributed by atoms with Gasteiger partial charge < -0.3 is 15.0 Å². The third-order valence-electron chi connectivity index (χ3n) is 5.45. The minimum atomic E-state index is -0.0285. The molecule has 25 heavy (non-hydrogen) atoms. The molecule has 0 aromatic carbocycles. The van der Waals surface area contributed by atoms with Crippen molar-refractivity contribution in [1.29, 1.82) is 0 Å². The number of carbonyl (C=O) groups excluding carboxylic acids is 1. The van der Waals surface area contributed by atoms with Gasteiger partial charge in [0.25, 0.3) is 0 Å². The van der Waals surface area contributed by atoms with E-state index in [9.17, 15) is 9.59 Å². The standard InChI is InChI=1S/C19H29N3O3/c1-4-25-11-18(23)21-17-10-22(8-15(17)14-5-6-14)9-16-13(3)19(24)12(2)7-20-16/h7,14-15,17H,4-6,8-11H2,1-3H3,(H,20,24)(H,21,23)/t15-,17+/m1/s1. The molecule has 1 aliphatic carbocycles. The van der Waals surface area contributed by atoms with Crippen LogP contribution in [0.5, 0.6) is 0 Å². The Labute approximate surface area is 148 Å². The van der Waals surface area contributed by atoms with Crippen molar-refractivity contribution in [2.45, 2.75) is 46.2 Å². The predicted octanol–water partition coefficient (Wildman–Crippen LogP) is 1.35. The van der Waals surface area contributed by atoms with Crippen LogP contribution in [0.25, 0.3) is 0 Å². The van der Waals surface area contributed by atoms with Crippen molar-refractivity contribution in [3.63, 3.8) is 0 Å². The van der Waals surface area contributed by atoms with Crippen LogP contribution < -0.4 is 10.7 Å². The zero-order chi connectivity index (χ0) is 18.0. The van der Waals surface area contributed by atoms with E-state index >= 15 is 0 Å². The summed E-state index contributed by atoms with van der Waals surface area (Å²) in [6.45, 7) is 8.82. The lowest BCUT2D eigenvalue weighted by molar-refractivity contribution is -0.126. The number of pyridine rings is 1. The summed E-state index contributed by atoms with van der Waals surface area (Å²) in [5, 5.41) is 3.16. The number of ether oxygens (including phenoxy) is 1.